The van der Waals surface area contributed by atoms with Gasteiger partial charge in [0.2, 0.25) is 0 Å². The molecular weight excluding hydrogens is 266 g/mol. The number of Topliss-reactive ketones (excluding diaryl/α,β-unsaturated/α-hetero) is 1. The smallest absolute Gasteiger partial charge is 0.277 e. The molecule has 2 N–H and O–H groups in total. The molecule has 1 heterocycles. The van der Waals surface area contributed by atoms with Crippen LogP contribution in [0.1, 0.15) is 17.3 Å². The van der Waals surface area contributed by atoms with E-state index in [9.17, 15) is 13.2 Å². The molecule has 1 fully saturated rings. The number of piperazine rings is 1. The SMILES string of the molecule is CC(=O)c1ccc(N2CCN(S(N)(=O)=O)CC2)cc1. The Hall–Kier alpha value is -1.44. The third kappa shape index (κ3) is 3.31. The summed E-state index contributed by atoms with van der Waals surface area (Å²) in [6, 6.07) is 7.32. The lowest BCUT2D eigenvalue weighted by molar-refractivity contribution is 0.101. The van der Waals surface area contributed by atoms with Gasteiger partial charge in [-0.3, -0.25) is 4.79 Å². The van der Waals surface area contributed by atoms with Crippen molar-refractivity contribution < 1.29 is 13.2 Å². The quantitative estimate of drug-likeness (QED) is 0.804. The first-order chi connectivity index (χ1) is 8.88. The van der Waals surface area contributed by atoms with Gasteiger partial charge in [0.05, 0.1) is 0 Å². The second kappa shape index (κ2) is 5.28. The first kappa shape index (κ1) is 14.0. The van der Waals surface area contributed by atoms with E-state index in [-0.39, 0.29) is 5.78 Å². The Bertz CT molecular complexity index is 560. The summed E-state index contributed by atoms with van der Waals surface area (Å²) in [4.78, 5) is 13.3. The number of benzene rings is 1. The van der Waals surface area contributed by atoms with Gasteiger partial charge in [-0.05, 0) is 31.2 Å². The zero-order valence-corrected chi connectivity index (χ0v) is 11.6. The molecule has 0 aromatic heterocycles. The van der Waals surface area contributed by atoms with E-state index in [1.165, 1.54) is 11.2 Å². The van der Waals surface area contributed by atoms with Crippen LogP contribution >= 0.6 is 0 Å². The van der Waals surface area contributed by atoms with Crippen molar-refractivity contribution in [1.82, 2.24) is 4.31 Å². The van der Waals surface area contributed by atoms with Gasteiger partial charge in [0.15, 0.2) is 5.78 Å². The van der Waals surface area contributed by atoms with Gasteiger partial charge in [0.1, 0.15) is 0 Å². The van der Waals surface area contributed by atoms with Crippen molar-refractivity contribution >= 4 is 21.7 Å². The van der Waals surface area contributed by atoms with Crippen molar-refractivity contribution in [2.75, 3.05) is 31.1 Å². The molecule has 0 radical (unpaired) electrons. The second-order valence-electron chi connectivity index (χ2n) is 4.53. The van der Waals surface area contributed by atoms with Crippen LogP contribution in [0, 0.1) is 0 Å². The Morgan fingerprint density at radius 1 is 1.11 bits per heavy atom. The lowest BCUT2D eigenvalue weighted by Gasteiger charge is -2.34. The number of ketones is 1. The molecule has 0 aliphatic carbocycles. The molecule has 6 nitrogen and oxygen atoms in total. The van der Waals surface area contributed by atoms with Crippen LogP contribution in [-0.4, -0.2) is 44.7 Å². The molecule has 1 aliphatic heterocycles. The minimum atomic E-state index is -3.59. The highest BCUT2D eigenvalue weighted by molar-refractivity contribution is 7.86. The number of carbonyl (C=O) groups excluding carboxylic acids is 1. The van der Waals surface area contributed by atoms with Crippen LogP contribution in [0.3, 0.4) is 0 Å². The number of hydrogen-bond acceptors (Lipinski definition) is 4. The predicted molar refractivity (Wildman–Crippen MR) is 73.3 cm³/mol. The molecule has 0 atom stereocenters. The van der Waals surface area contributed by atoms with Gasteiger partial charge in [0, 0.05) is 37.4 Å². The molecule has 1 aromatic rings. The summed E-state index contributed by atoms with van der Waals surface area (Å²) in [6.45, 7) is 3.48. The van der Waals surface area contributed by atoms with Gasteiger partial charge in [-0.15, -0.1) is 0 Å². The summed E-state index contributed by atoms with van der Waals surface area (Å²) < 4.78 is 23.7. The summed E-state index contributed by atoms with van der Waals surface area (Å²) in [6.07, 6.45) is 0. The highest BCUT2D eigenvalue weighted by Gasteiger charge is 2.23. The Labute approximate surface area is 113 Å². The minimum absolute atomic E-state index is 0.0330. The Kier molecular flexibility index (Phi) is 3.88. The van der Waals surface area contributed by atoms with Crippen molar-refractivity contribution in [3.05, 3.63) is 29.8 Å². The van der Waals surface area contributed by atoms with E-state index in [2.05, 4.69) is 4.90 Å². The highest BCUT2D eigenvalue weighted by atomic mass is 32.2. The fourth-order valence-electron chi connectivity index (χ4n) is 2.11. The van der Waals surface area contributed by atoms with Gasteiger partial charge in [-0.25, -0.2) is 5.14 Å². The lowest BCUT2D eigenvalue weighted by atomic mass is 10.1. The summed E-state index contributed by atoms with van der Waals surface area (Å²) in [5.41, 5.74) is 1.66. The third-order valence-corrected chi connectivity index (χ3v) is 4.32. The largest absolute Gasteiger partial charge is 0.369 e. The number of carbonyl (C=O) groups is 1. The van der Waals surface area contributed by atoms with Crippen molar-refractivity contribution in [1.29, 1.82) is 0 Å². The number of anilines is 1. The van der Waals surface area contributed by atoms with Crippen LogP contribution in [-0.2, 0) is 10.2 Å². The van der Waals surface area contributed by atoms with E-state index >= 15 is 0 Å². The summed E-state index contributed by atoms with van der Waals surface area (Å²) in [5, 5.41) is 5.09. The van der Waals surface area contributed by atoms with Crippen LogP contribution in [0.2, 0.25) is 0 Å². The Balaban J connectivity index is 2.03. The van der Waals surface area contributed by atoms with Crippen molar-refractivity contribution in [2.24, 2.45) is 5.14 Å². The molecule has 0 spiro atoms. The van der Waals surface area contributed by atoms with Gasteiger partial charge >= 0.3 is 0 Å². The fourth-order valence-corrected chi connectivity index (χ4v) is 2.78. The first-order valence-electron chi connectivity index (χ1n) is 6.02. The van der Waals surface area contributed by atoms with E-state index in [1.54, 1.807) is 12.1 Å². The van der Waals surface area contributed by atoms with Crippen molar-refractivity contribution in [3.8, 4) is 0 Å². The number of rotatable bonds is 3. The zero-order valence-electron chi connectivity index (χ0n) is 10.7. The Morgan fingerprint density at radius 2 is 1.63 bits per heavy atom. The molecule has 104 valence electrons. The van der Waals surface area contributed by atoms with Crippen LogP contribution in [0.25, 0.3) is 0 Å². The fraction of sp³-hybridized carbons (Fsp3) is 0.417. The molecule has 0 bridgehead atoms. The maximum atomic E-state index is 11.2. The van der Waals surface area contributed by atoms with Gasteiger partial charge < -0.3 is 4.90 Å². The van der Waals surface area contributed by atoms with E-state index in [0.29, 0.717) is 31.7 Å². The molecule has 0 unspecified atom stereocenters. The van der Waals surface area contributed by atoms with Crippen LogP contribution in [0.5, 0.6) is 0 Å². The van der Waals surface area contributed by atoms with E-state index in [4.69, 9.17) is 5.14 Å². The molecule has 0 saturated carbocycles. The topological polar surface area (TPSA) is 83.7 Å². The van der Waals surface area contributed by atoms with E-state index < -0.39 is 10.2 Å². The zero-order chi connectivity index (χ0) is 14.0. The predicted octanol–water partition coefficient (Wildman–Crippen LogP) is 0.215. The standard InChI is InChI=1S/C12H17N3O3S/c1-10(16)11-2-4-12(5-3-11)14-6-8-15(9-7-14)19(13,17)18/h2-5H,6-9H2,1H3,(H2,13,17,18). The normalized spacial score (nSPS) is 17.5. The van der Waals surface area contributed by atoms with Crippen LogP contribution in [0.15, 0.2) is 24.3 Å². The molecule has 2 rings (SSSR count). The number of hydrogen-bond donors (Lipinski definition) is 1. The minimum Gasteiger partial charge on any atom is -0.369 e. The molecule has 7 heteroatoms. The number of nitrogens with zero attached hydrogens (tertiary/aromatic N) is 2. The monoisotopic (exact) mass is 283 g/mol. The molecule has 19 heavy (non-hydrogen) atoms. The van der Waals surface area contributed by atoms with Gasteiger partial charge in [0.25, 0.3) is 10.2 Å². The lowest BCUT2D eigenvalue weighted by Crippen LogP contribution is -2.50. The van der Waals surface area contributed by atoms with Crippen molar-refractivity contribution in [3.63, 3.8) is 0 Å². The summed E-state index contributed by atoms with van der Waals surface area (Å²) in [5.74, 6) is 0.0330. The van der Waals surface area contributed by atoms with Gasteiger partial charge in [-0.2, -0.15) is 12.7 Å². The summed E-state index contributed by atoms with van der Waals surface area (Å²) in [7, 11) is -3.59. The van der Waals surface area contributed by atoms with Crippen LogP contribution in [0.4, 0.5) is 5.69 Å². The average molecular weight is 283 g/mol. The first-order valence-corrected chi connectivity index (χ1v) is 7.52. The maximum absolute atomic E-state index is 11.2. The van der Waals surface area contributed by atoms with Crippen LogP contribution < -0.4 is 10.0 Å². The molecule has 0 amide bonds. The molecule has 1 aromatic carbocycles. The average Bonchev–Trinajstić information content (AvgIpc) is 2.38. The van der Waals surface area contributed by atoms with E-state index in [1.807, 2.05) is 12.1 Å². The maximum Gasteiger partial charge on any atom is 0.277 e. The third-order valence-electron chi connectivity index (χ3n) is 3.24. The highest BCUT2D eigenvalue weighted by Crippen LogP contribution is 2.18. The molecule has 1 saturated heterocycles. The molecule has 1 aliphatic rings. The van der Waals surface area contributed by atoms with E-state index in [0.717, 1.165) is 5.69 Å². The van der Waals surface area contributed by atoms with Crippen molar-refractivity contribution in [2.45, 2.75) is 6.92 Å². The number of nitrogens with two attached hydrogens (primary N) is 1. The van der Waals surface area contributed by atoms with Gasteiger partial charge in [-0.1, -0.05) is 0 Å². The summed E-state index contributed by atoms with van der Waals surface area (Å²) >= 11 is 0. The Morgan fingerprint density at radius 3 is 2.05 bits per heavy atom. The molecular formula is C12H17N3O3S. The second-order valence-corrected chi connectivity index (χ2v) is 6.08.